The molecule has 10 heteroatoms. The lowest BCUT2D eigenvalue weighted by molar-refractivity contribution is -0.122. The van der Waals surface area contributed by atoms with Crippen LogP contribution < -0.4 is 10.1 Å². The van der Waals surface area contributed by atoms with Crippen molar-refractivity contribution in [2.45, 2.75) is 11.4 Å². The SMILES string of the molecule is CN(CCOc1ccc(F)cc1)CC(=O)NCc1ccc(S(=O)(=O)N2CCOCC2)cc1. The zero-order valence-corrected chi connectivity index (χ0v) is 18.8. The zero-order valence-electron chi connectivity index (χ0n) is 18.0. The molecule has 0 radical (unpaired) electrons. The smallest absolute Gasteiger partial charge is 0.243 e. The third-order valence-electron chi connectivity index (χ3n) is 4.99. The number of nitrogens with one attached hydrogen (secondary N) is 1. The van der Waals surface area contributed by atoms with E-state index in [2.05, 4.69) is 5.32 Å². The molecule has 0 aromatic heterocycles. The molecule has 0 unspecified atom stereocenters. The van der Waals surface area contributed by atoms with Gasteiger partial charge in [0.1, 0.15) is 18.2 Å². The lowest BCUT2D eigenvalue weighted by Gasteiger charge is -2.26. The molecule has 1 N–H and O–H groups in total. The van der Waals surface area contributed by atoms with Crippen molar-refractivity contribution in [1.29, 1.82) is 0 Å². The van der Waals surface area contributed by atoms with Gasteiger partial charge in [-0.2, -0.15) is 4.31 Å². The summed E-state index contributed by atoms with van der Waals surface area (Å²) >= 11 is 0. The number of nitrogens with zero attached hydrogens (tertiary/aromatic N) is 2. The van der Waals surface area contributed by atoms with Gasteiger partial charge in [0, 0.05) is 26.2 Å². The van der Waals surface area contributed by atoms with E-state index in [-0.39, 0.29) is 23.2 Å². The highest BCUT2D eigenvalue weighted by atomic mass is 32.2. The summed E-state index contributed by atoms with van der Waals surface area (Å²) in [6.45, 7) is 2.89. The van der Waals surface area contributed by atoms with E-state index in [0.29, 0.717) is 51.7 Å². The van der Waals surface area contributed by atoms with Crippen molar-refractivity contribution in [3.8, 4) is 5.75 Å². The number of ether oxygens (including phenoxy) is 2. The molecule has 1 amide bonds. The van der Waals surface area contributed by atoms with Crippen LogP contribution in [0, 0.1) is 5.82 Å². The molecule has 174 valence electrons. The highest BCUT2D eigenvalue weighted by molar-refractivity contribution is 7.89. The van der Waals surface area contributed by atoms with Crippen molar-refractivity contribution >= 4 is 15.9 Å². The van der Waals surface area contributed by atoms with Crippen LogP contribution in [0.2, 0.25) is 0 Å². The molecule has 1 fully saturated rings. The number of amides is 1. The number of halogens is 1. The molecule has 1 saturated heterocycles. The number of benzene rings is 2. The van der Waals surface area contributed by atoms with Crippen molar-refractivity contribution in [2.75, 3.05) is 53.0 Å². The summed E-state index contributed by atoms with van der Waals surface area (Å²) in [4.78, 5) is 14.2. The Hall–Kier alpha value is -2.53. The van der Waals surface area contributed by atoms with Crippen LogP contribution in [0.3, 0.4) is 0 Å². The molecule has 8 nitrogen and oxygen atoms in total. The van der Waals surface area contributed by atoms with Crippen LogP contribution >= 0.6 is 0 Å². The molecule has 0 atom stereocenters. The van der Waals surface area contributed by atoms with Crippen LogP contribution in [0.4, 0.5) is 4.39 Å². The van der Waals surface area contributed by atoms with Gasteiger partial charge in [-0.25, -0.2) is 12.8 Å². The van der Waals surface area contributed by atoms with E-state index in [1.54, 1.807) is 43.4 Å². The highest BCUT2D eigenvalue weighted by Gasteiger charge is 2.26. The van der Waals surface area contributed by atoms with Gasteiger partial charge in [0.15, 0.2) is 0 Å². The van der Waals surface area contributed by atoms with Crippen LogP contribution in [0.1, 0.15) is 5.56 Å². The largest absolute Gasteiger partial charge is 0.492 e. The standard InChI is InChI=1S/C22H28FN3O5S/c1-25(10-15-31-20-6-4-19(23)5-7-20)17-22(27)24-16-18-2-8-21(9-3-18)32(28,29)26-11-13-30-14-12-26/h2-9H,10-17H2,1H3,(H,24,27). The van der Waals surface area contributed by atoms with Crippen LogP contribution in [0.15, 0.2) is 53.4 Å². The average Bonchev–Trinajstić information content (AvgIpc) is 2.80. The number of carbonyl (C=O) groups is 1. The lowest BCUT2D eigenvalue weighted by Crippen LogP contribution is -2.40. The number of sulfonamides is 1. The quantitative estimate of drug-likeness (QED) is 0.572. The first-order valence-corrected chi connectivity index (χ1v) is 11.8. The van der Waals surface area contributed by atoms with Gasteiger partial charge in [-0.3, -0.25) is 9.69 Å². The third kappa shape index (κ3) is 6.99. The van der Waals surface area contributed by atoms with Crippen molar-refractivity contribution in [1.82, 2.24) is 14.5 Å². The van der Waals surface area contributed by atoms with Crippen LogP contribution in [0.5, 0.6) is 5.75 Å². The van der Waals surface area contributed by atoms with Gasteiger partial charge in [-0.15, -0.1) is 0 Å². The van der Waals surface area contributed by atoms with Gasteiger partial charge in [-0.05, 0) is 49.0 Å². The number of carbonyl (C=O) groups excluding carboxylic acids is 1. The molecule has 1 heterocycles. The third-order valence-corrected chi connectivity index (χ3v) is 6.90. The second kappa shape index (κ2) is 11.4. The topological polar surface area (TPSA) is 88.2 Å². The molecule has 2 aromatic rings. The number of hydrogen-bond donors (Lipinski definition) is 1. The van der Waals surface area contributed by atoms with E-state index < -0.39 is 10.0 Å². The summed E-state index contributed by atoms with van der Waals surface area (Å²) in [5.74, 6) is 0.0992. The predicted octanol–water partition coefficient (Wildman–Crippen LogP) is 1.47. The Balaban J connectivity index is 1.39. The molecule has 32 heavy (non-hydrogen) atoms. The van der Waals surface area contributed by atoms with Gasteiger partial charge < -0.3 is 14.8 Å². The Morgan fingerprint density at radius 2 is 1.78 bits per heavy atom. The first-order chi connectivity index (χ1) is 15.3. The van der Waals surface area contributed by atoms with Gasteiger partial charge >= 0.3 is 0 Å². The van der Waals surface area contributed by atoms with E-state index in [1.165, 1.54) is 16.4 Å². The molecule has 0 bridgehead atoms. The maximum Gasteiger partial charge on any atom is 0.243 e. The maximum absolute atomic E-state index is 12.9. The first kappa shape index (κ1) is 24.1. The number of rotatable bonds is 10. The minimum absolute atomic E-state index is 0.153. The number of hydrogen-bond acceptors (Lipinski definition) is 6. The van der Waals surface area contributed by atoms with Gasteiger partial charge in [0.2, 0.25) is 15.9 Å². The molecule has 0 spiro atoms. The summed E-state index contributed by atoms with van der Waals surface area (Å²) in [7, 11) is -1.72. The van der Waals surface area contributed by atoms with Gasteiger partial charge in [0.25, 0.3) is 0 Å². The van der Waals surface area contributed by atoms with Crippen molar-refractivity contribution in [2.24, 2.45) is 0 Å². The zero-order chi connectivity index (χ0) is 23.0. The van der Waals surface area contributed by atoms with Gasteiger partial charge in [0.05, 0.1) is 24.7 Å². The second-order valence-electron chi connectivity index (χ2n) is 7.48. The fraction of sp³-hybridized carbons (Fsp3) is 0.409. The van der Waals surface area contributed by atoms with Crippen LogP contribution in [-0.4, -0.2) is 76.6 Å². The molecule has 1 aliphatic heterocycles. The van der Waals surface area contributed by atoms with E-state index in [1.807, 2.05) is 4.90 Å². The van der Waals surface area contributed by atoms with E-state index in [0.717, 1.165) is 5.56 Å². The molecule has 1 aliphatic rings. The van der Waals surface area contributed by atoms with Crippen LogP contribution in [-0.2, 0) is 26.1 Å². The Kier molecular flexibility index (Phi) is 8.57. The van der Waals surface area contributed by atoms with Gasteiger partial charge in [-0.1, -0.05) is 12.1 Å². The minimum Gasteiger partial charge on any atom is -0.492 e. The summed E-state index contributed by atoms with van der Waals surface area (Å²) < 4.78 is 50.3. The molecular weight excluding hydrogens is 437 g/mol. The monoisotopic (exact) mass is 465 g/mol. The van der Waals surface area contributed by atoms with Crippen molar-refractivity contribution in [3.05, 3.63) is 59.9 Å². The summed E-state index contributed by atoms with van der Waals surface area (Å²) in [6.07, 6.45) is 0. The number of morpholine rings is 1. The van der Waals surface area contributed by atoms with Crippen molar-refractivity contribution < 1.29 is 27.1 Å². The molecular formula is C22H28FN3O5S. The van der Waals surface area contributed by atoms with E-state index in [4.69, 9.17) is 9.47 Å². The average molecular weight is 466 g/mol. The summed E-state index contributed by atoms with van der Waals surface area (Å²) in [6, 6.07) is 12.3. The Labute approximate surface area is 188 Å². The maximum atomic E-state index is 12.9. The number of likely N-dealkylation sites (N-methyl/N-ethyl adjacent to an activating group) is 1. The Bertz CT molecular complexity index is 978. The van der Waals surface area contributed by atoms with Crippen molar-refractivity contribution in [3.63, 3.8) is 0 Å². The Morgan fingerprint density at radius 1 is 1.12 bits per heavy atom. The van der Waals surface area contributed by atoms with E-state index in [9.17, 15) is 17.6 Å². The molecule has 3 rings (SSSR count). The fourth-order valence-corrected chi connectivity index (χ4v) is 4.55. The Morgan fingerprint density at radius 3 is 2.44 bits per heavy atom. The second-order valence-corrected chi connectivity index (χ2v) is 9.42. The first-order valence-electron chi connectivity index (χ1n) is 10.3. The fourth-order valence-electron chi connectivity index (χ4n) is 3.15. The highest BCUT2D eigenvalue weighted by Crippen LogP contribution is 2.17. The van der Waals surface area contributed by atoms with E-state index >= 15 is 0 Å². The molecule has 0 saturated carbocycles. The summed E-state index contributed by atoms with van der Waals surface area (Å²) in [5.41, 5.74) is 0.807. The molecule has 2 aromatic carbocycles. The lowest BCUT2D eigenvalue weighted by atomic mass is 10.2. The minimum atomic E-state index is -3.53. The molecule has 0 aliphatic carbocycles. The summed E-state index contributed by atoms with van der Waals surface area (Å²) in [5, 5.41) is 2.83. The predicted molar refractivity (Wildman–Crippen MR) is 117 cm³/mol. The van der Waals surface area contributed by atoms with Crippen LogP contribution in [0.25, 0.3) is 0 Å². The normalized spacial score (nSPS) is 15.0.